The quantitative estimate of drug-likeness (QED) is 0.805. The average Bonchev–Trinajstić information content (AvgIpc) is 2.70. The van der Waals surface area contributed by atoms with Crippen molar-refractivity contribution in [3.63, 3.8) is 0 Å². The summed E-state index contributed by atoms with van der Waals surface area (Å²) in [5, 5.41) is 6.91. The zero-order valence-electron chi connectivity index (χ0n) is 10.2. The Balaban J connectivity index is 2.36. The van der Waals surface area contributed by atoms with E-state index in [4.69, 9.17) is 0 Å². The topological polar surface area (TPSA) is 24.9 Å². The second kappa shape index (κ2) is 6.23. The summed E-state index contributed by atoms with van der Waals surface area (Å²) < 4.78 is 0. The van der Waals surface area contributed by atoms with Gasteiger partial charge in [-0.3, -0.25) is 0 Å². The van der Waals surface area contributed by atoms with Crippen LogP contribution in [0.2, 0.25) is 0 Å². The molecule has 0 aliphatic heterocycles. The first-order chi connectivity index (χ1) is 7.15. The summed E-state index contributed by atoms with van der Waals surface area (Å²) in [7, 11) is 0. The van der Waals surface area contributed by atoms with Crippen LogP contribution in [0.1, 0.15) is 45.0 Å². The standard InChI is InChI=1S/C12H22N2S/c1-5-11(9(2)3)14-8-10(4)12-13-6-7-15-12/h6-7,9-11,14H,5,8H2,1-4H3. The van der Waals surface area contributed by atoms with E-state index in [9.17, 15) is 0 Å². The minimum absolute atomic E-state index is 0.526. The first-order valence-electron chi connectivity index (χ1n) is 5.77. The number of thiazole rings is 1. The molecule has 0 amide bonds. The molecular weight excluding hydrogens is 204 g/mol. The molecule has 0 radical (unpaired) electrons. The third-order valence-corrected chi connectivity index (χ3v) is 3.81. The summed E-state index contributed by atoms with van der Waals surface area (Å²) in [6, 6.07) is 0.632. The molecule has 2 nitrogen and oxygen atoms in total. The number of nitrogens with one attached hydrogen (secondary N) is 1. The van der Waals surface area contributed by atoms with Crippen LogP contribution in [0, 0.1) is 5.92 Å². The van der Waals surface area contributed by atoms with Crippen LogP contribution in [-0.4, -0.2) is 17.6 Å². The van der Waals surface area contributed by atoms with Gasteiger partial charge in [-0.15, -0.1) is 11.3 Å². The van der Waals surface area contributed by atoms with Gasteiger partial charge >= 0.3 is 0 Å². The molecule has 1 aromatic rings. The third kappa shape index (κ3) is 3.92. The Hall–Kier alpha value is -0.410. The lowest BCUT2D eigenvalue weighted by Gasteiger charge is -2.22. The molecule has 86 valence electrons. The van der Waals surface area contributed by atoms with E-state index in [2.05, 4.69) is 38.0 Å². The van der Waals surface area contributed by atoms with Crippen molar-refractivity contribution >= 4 is 11.3 Å². The van der Waals surface area contributed by atoms with Crippen LogP contribution in [0.3, 0.4) is 0 Å². The van der Waals surface area contributed by atoms with Gasteiger partial charge in [0.15, 0.2) is 0 Å². The number of nitrogens with zero attached hydrogens (tertiary/aromatic N) is 1. The van der Waals surface area contributed by atoms with Crippen molar-refractivity contribution in [3.8, 4) is 0 Å². The van der Waals surface area contributed by atoms with Crippen molar-refractivity contribution in [2.24, 2.45) is 5.92 Å². The third-order valence-electron chi connectivity index (χ3n) is 2.80. The molecule has 1 rings (SSSR count). The van der Waals surface area contributed by atoms with Crippen molar-refractivity contribution < 1.29 is 0 Å². The highest BCUT2D eigenvalue weighted by molar-refractivity contribution is 7.09. The summed E-state index contributed by atoms with van der Waals surface area (Å²) in [5.74, 6) is 1.23. The molecule has 3 heteroatoms. The van der Waals surface area contributed by atoms with Gasteiger partial charge in [0, 0.05) is 30.1 Å². The summed E-state index contributed by atoms with van der Waals surface area (Å²) in [5.41, 5.74) is 0. The Kier molecular flexibility index (Phi) is 5.26. The van der Waals surface area contributed by atoms with Crippen LogP contribution in [-0.2, 0) is 0 Å². The molecule has 2 atom stereocenters. The van der Waals surface area contributed by atoms with E-state index in [0.29, 0.717) is 17.9 Å². The Bertz CT molecular complexity index is 257. The Morgan fingerprint density at radius 3 is 2.60 bits per heavy atom. The van der Waals surface area contributed by atoms with Gasteiger partial charge in [0.2, 0.25) is 0 Å². The molecule has 0 aliphatic rings. The molecule has 0 saturated carbocycles. The minimum Gasteiger partial charge on any atom is -0.313 e. The van der Waals surface area contributed by atoms with Crippen LogP contribution in [0.25, 0.3) is 0 Å². The van der Waals surface area contributed by atoms with Gasteiger partial charge in [-0.1, -0.05) is 27.7 Å². The van der Waals surface area contributed by atoms with E-state index in [1.54, 1.807) is 11.3 Å². The predicted molar refractivity (Wildman–Crippen MR) is 67.4 cm³/mol. The molecule has 0 aliphatic carbocycles. The summed E-state index contributed by atoms with van der Waals surface area (Å²) >= 11 is 1.75. The lowest BCUT2D eigenvalue weighted by molar-refractivity contribution is 0.381. The fourth-order valence-electron chi connectivity index (χ4n) is 1.74. The molecule has 0 bridgehead atoms. The van der Waals surface area contributed by atoms with Gasteiger partial charge in [-0.05, 0) is 12.3 Å². The lowest BCUT2D eigenvalue weighted by Crippen LogP contribution is -2.35. The van der Waals surface area contributed by atoms with Crippen LogP contribution in [0.5, 0.6) is 0 Å². The van der Waals surface area contributed by atoms with Crippen molar-refractivity contribution in [2.75, 3.05) is 6.54 Å². The van der Waals surface area contributed by atoms with Gasteiger partial charge < -0.3 is 5.32 Å². The van der Waals surface area contributed by atoms with Gasteiger partial charge in [-0.25, -0.2) is 4.98 Å². The van der Waals surface area contributed by atoms with Gasteiger partial charge in [-0.2, -0.15) is 0 Å². The molecule has 2 unspecified atom stereocenters. The molecular formula is C12H22N2S. The highest BCUT2D eigenvalue weighted by Crippen LogP contribution is 2.17. The van der Waals surface area contributed by atoms with Crippen LogP contribution in [0.4, 0.5) is 0 Å². The fraction of sp³-hybridized carbons (Fsp3) is 0.750. The molecule has 0 fully saturated rings. The van der Waals surface area contributed by atoms with Crippen molar-refractivity contribution in [3.05, 3.63) is 16.6 Å². The average molecular weight is 226 g/mol. The molecule has 15 heavy (non-hydrogen) atoms. The van der Waals surface area contributed by atoms with Gasteiger partial charge in [0.1, 0.15) is 0 Å². The number of hydrogen-bond acceptors (Lipinski definition) is 3. The maximum atomic E-state index is 4.34. The van der Waals surface area contributed by atoms with Gasteiger partial charge in [0.05, 0.1) is 5.01 Å². The highest BCUT2D eigenvalue weighted by Gasteiger charge is 2.13. The Labute approximate surface area is 97.1 Å². The Morgan fingerprint density at radius 1 is 1.40 bits per heavy atom. The maximum absolute atomic E-state index is 4.34. The first-order valence-corrected chi connectivity index (χ1v) is 6.65. The molecule has 1 N–H and O–H groups in total. The molecule has 0 aromatic carbocycles. The Morgan fingerprint density at radius 2 is 2.13 bits per heavy atom. The maximum Gasteiger partial charge on any atom is 0.0965 e. The van der Waals surface area contributed by atoms with Crippen molar-refractivity contribution in [1.29, 1.82) is 0 Å². The zero-order valence-corrected chi connectivity index (χ0v) is 11.0. The predicted octanol–water partition coefficient (Wildman–Crippen LogP) is 3.27. The van der Waals surface area contributed by atoms with Crippen LogP contribution in [0.15, 0.2) is 11.6 Å². The zero-order chi connectivity index (χ0) is 11.3. The van der Waals surface area contributed by atoms with E-state index in [1.165, 1.54) is 11.4 Å². The monoisotopic (exact) mass is 226 g/mol. The smallest absolute Gasteiger partial charge is 0.0965 e. The SMILES string of the molecule is CCC(NCC(C)c1nccs1)C(C)C. The second-order valence-corrected chi connectivity index (χ2v) is 5.36. The second-order valence-electron chi connectivity index (χ2n) is 4.44. The highest BCUT2D eigenvalue weighted by atomic mass is 32.1. The fourth-order valence-corrected chi connectivity index (χ4v) is 2.44. The summed E-state index contributed by atoms with van der Waals surface area (Å²) in [6.45, 7) is 10.1. The van der Waals surface area contributed by atoms with E-state index in [1.807, 2.05) is 11.6 Å². The van der Waals surface area contributed by atoms with E-state index < -0.39 is 0 Å². The van der Waals surface area contributed by atoms with Crippen LogP contribution >= 0.6 is 11.3 Å². The molecule has 0 saturated heterocycles. The first kappa shape index (κ1) is 12.7. The van der Waals surface area contributed by atoms with E-state index in [-0.39, 0.29) is 0 Å². The largest absolute Gasteiger partial charge is 0.313 e. The molecule has 1 aromatic heterocycles. The van der Waals surface area contributed by atoms with Gasteiger partial charge in [0.25, 0.3) is 0 Å². The minimum atomic E-state index is 0.526. The summed E-state index contributed by atoms with van der Waals surface area (Å²) in [4.78, 5) is 4.34. The van der Waals surface area contributed by atoms with Crippen LogP contribution < -0.4 is 5.32 Å². The van der Waals surface area contributed by atoms with E-state index >= 15 is 0 Å². The van der Waals surface area contributed by atoms with E-state index in [0.717, 1.165) is 6.54 Å². The number of rotatable bonds is 6. The molecule has 1 heterocycles. The van der Waals surface area contributed by atoms with Crippen molar-refractivity contribution in [1.82, 2.24) is 10.3 Å². The molecule has 0 spiro atoms. The van der Waals surface area contributed by atoms with Crippen molar-refractivity contribution in [2.45, 2.75) is 46.1 Å². The normalized spacial score (nSPS) is 15.5. The number of hydrogen-bond donors (Lipinski definition) is 1. The lowest BCUT2D eigenvalue weighted by atomic mass is 10.0. The number of aromatic nitrogens is 1. The summed E-state index contributed by atoms with van der Waals surface area (Å²) in [6.07, 6.45) is 3.08.